The van der Waals surface area contributed by atoms with E-state index in [1.54, 1.807) is 16.6 Å². The molecule has 5 nitrogen and oxygen atoms in total. The number of rotatable bonds is 4. The van der Waals surface area contributed by atoms with Gasteiger partial charge in [-0.3, -0.25) is 0 Å². The number of sulfonamides is 1. The van der Waals surface area contributed by atoms with Crippen LogP contribution >= 0.6 is 0 Å². The summed E-state index contributed by atoms with van der Waals surface area (Å²) in [7, 11) is -3.34. The predicted molar refractivity (Wildman–Crippen MR) is 66.0 cm³/mol. The lowest BCUT2D eigenvalue weighted by Gasteiger charge is -2.34. The van der Waals surface area contributed by atoms with Crippen molar-refractivity contribution in [2.45, 2.75) is 36.6 Å². The van der Waals surface area contributed by atoms with Crippen LogP contribution in [0.5, 0.6) is 0 Å². The normalized spacial score (nSPS) is 22.8. The van der Waals surface area contributed by atoms with Gasteiger partial charge in [-0.15, -0.1) is 0 Å². The Morgan fingerprint density at radius 1 is 1.47 bits per heavy atom. The van der Waals surface area contributed by atoms with Crippen LogP contribution in [-0.2, 0) is 10.0 Å². The third kappa shape index (κ3) is 2.53. The molecule has 1 saturated heterocycles. The van der Waals surface area contributed by atoms with Crippen LogP contribution in [0.25, 0.3) is 0 Å². The highest BCUT2D eigenvalue weighted by Gasteiger charge is 2.32. The van der Waals surface area contributed by atoms with E-state index in [0.29, 0.717) is 18.0 Å². The van der Waals surface area contributed by atoms with Gasteiger partial charge in [0.1, 0.15) is 0 Å². The molecule has 1 fully saturated rings. The third-order valence-corrected chi connectivity index (χ3v) is 5.20. The van der Waals surface area contributed by atoms with Gasteiger partial charge in [0.2, 0.25) is 10.0 Å². The first kappa shape index (κ1) is 12.6. The molecule has 0 spiro atoms. The summed E-state index contributed by atoms with van der Waals surface area (Å²) >= 11 is 0. The lowest BCUT2D eigenvalue weighted by atomic mass is 10.0. The second-order valence-corrected chi connectivity index (χ2v) is 6.28. The molecular weight excluding hydrogens is 238 g/mol. The molecule has 0 saturated carbocycles. The van der Waals surface area contributed by atoms with Crippen molar-refractivity contribution < 1.29 is 8.42 Å². The van der Waals surface area contributed by atoms with E-state index in [4.69, 9.17) is 5.73 Å². The molecule has 1 atom stereocenters. The Balaban J connectivity index is 2.24. The largest absolute Gasteiger partial charge is 0.366 e. The molecular formula is C11H19N3O2S. The van der Waals surface area contributed by atoms with E-state index in [-0.39, 0.29) is 6.04 Å². The van der Waals surface area contributed by atoms with Crippen molar-refractivity contribution in [3.8, 4) is 0 Å². The van der Waals surface area contributed by atoms with Crippen LogP contribution in [0.15, 0.2) is 23.4 Å². The molecule has 2 heterocycles. The summed E-state index contributed by atoms with van der Waals surface area (Å²) in [6, 6.07) is 1.66. The smallest absolute Gasteiger partial charge is 0.244 e. The fourth-order valence-electron chi connectivity index (χ4n) is 2.38. The predicted octanol–water partition coefficient (Wildman–Crippen LogP) is 0.907. The Morgan fingerprint density at radius 3 is 2.94 bits per heavy atom. The van der Waals surface area contributed by atoms with Gasteiger partial charge >= 0.3 is 0 Å². The van der Waals surface area contributed by atoms with Gasteiger partial charge in [0, 0.05) is 25.0 Å². The topological polar surface area (TPSA) is 79.2 Å². The maximum absolute atomic E-state index is 12.4. The second kappa shape index (κ2) is 5.20. The van der Waals surface area contributed by atoms with E-state index >= 15 is 0 Å². The summed E-state index contributed by atoms with van der Waals surface area (Å²) in [6.07, 6.45) is 6.84. The molecule has 0 bridgehead atoms. The summed E-state index contributed by atoms with van der Waals surface area (Å²) in [5.41, 5.74) is 5.56. The van der Waals surface area contributed by atoms with Gasteiger partial charge in [-0.05, 0) is 31.9 Å². The molecule has 1 aliphatic heterocycles. The number of aromatic amines is 1. The van der Waals surface area contributed by atoms with Crippen molar-refractivity contribution in [1.82, 2.24) is 9.29 Å². The molecule has 0 amide bonds. The van der Waals surface area contributed by atoms with Crippen molar-refractivity contribution >= 4 is 10.0 Å². The van der Waals surface area contributed by atoms with Gasteiger partial charge in [-0.2, -0.15) is 4.31 Å². The quantitative estimate of drug-likeness (QED) is 0.841. The number of H-pyrrole nitrogens is 1. The van der Waals surface area contributed by atoms with E-state index < -0.39 is 10.0 Å². The molecule has 17 heavy (non-hydrogen) atoms. The molecule has 0 radical (unpaired) electrons. The minimum absolute atomic E-state index is 0.0636. The van der Waals surface area contributed by atoms with Crippen molar-refractivity contribution in [3.05, 3.63) is 18.5 Å². The zero-order valence-electron chi connectivity index (χ0n) is 9.80. The first-order valence-electron chi connectivity index (χ1n) is 6.01. The first-order chi connectivity index (χ1) is 8.16. The summed E-state index contributed by atoms with van der Waals surface area (Å²) < 4.78 is 26.4. The van der Waals surface area contributed by atoms with Crippen LogP contribution in [-0.4, -0.2) is 36.8 Å². The lowest BCUT2D eigenvalue weighted by molar-refractivity contribution is 0.243. The third-order valence-electron chi connectivity index (χ3n) is 3.25. The van der Waals surface area contributed by atoms with Crippen LogP contribution in [0.3, 0.4) is 0 Å². The zero-order valence-corrected chi connectivity index (χ0v) is 10.6. The van der Waals surface area contributed by atoms with E-state index in [9.17, 15) is 8.42 Å². The van der Waals surface area contributed by atoms with Crippen molar-refractivity contribution in [2.24, 2.45) is 5.73 Å². The van der Waals surface area contributed by atoms with Gasteiger partial charge in [0.15, 0.2) is 0 Å². The molecule has 0 aromatic carbocycles. The standard InChI is InChI=1S/C11H19N3O2S/c12-6-4-10-3-1-2-8-14(10)17(15,16)11-5-7-13-9-11/h5,7,9-10,13H,1-4,6,8,12H2. The highest BCUT2D eigenvalue weighted by Crippen LogP contribution is 2.26. The number of nitrogens with one attached hydrogen (secondary N) is 1. The van der Waals surface area contributed by atoms with Crippen molar-refractivity contribution in [2.75, 3.05) is 13.1 Å². The molecule has 1 aromatic rings. The summed E-state index contributed by atoms with van der Waals surface area (Å²) in [4.78, 5) is 3.14. The monoisotopic (exact) mass is 257 g/mol. The van der Waals surface area contributed by atoms with Gasteiger partial charge < -0.3 is 10.7 Å². The second-order valence-electron chi connectivity index (χ2n) is 4.39. The molecule has 1 unspecified atom stereocenters. The molecule has 2 rings (SSSR count). The average Bonchev–Trinajstić information content (AvgIpc) is 2.84. The maximum atomic E-state index is 12.4. The van der Waals surface area contributed by atoms with Gasteiger partial charge in [0.25, 0.3) is 0 Å². The Kier molecular flexibility index (Phi) is 3.86. The van der Waals surface area contributed by atoms with Gasteiger partial charge in [-0.1, -0.05) is 6.42 Å². The maximum Gasteiger partial charge on any atom is 0.244 e. The first-order valence-corrected chi connectivity index (χ1v) is 7.45. The molecule has 0 aliphatic carbocycles. The highest BCUT2D eigenvalue weighted by molar-refractivity contribution is 7.89. The van der Waals surface area contributed by atoms with E-state index in [0.717, 1.165) is 25.7 Å². The van der Waals surface area contributed by atoms with E-state index in [2.05, 4.69) is 4.98 Å². The van der Waals surface area contributed by atoms with E-state index in [1.165, 1.54) is 6.20 Å². The fourth-order valence-corrected chi connectivity index (χ4v) is 4.08. The summed E-state index contributed by atoms with van der Waals surface area (Å²) in [6.45, 7) is 1.14. The Labute approximate surface area is 102 Å². The lowest BCUT2D eigenvalue weighted by Crippen LogP contribution is -2.44. The number of aromatic nitrogens is 1. The number of piperidine rings is 1. The average molecular weight is 257 g/mol. The molecule has 1 aliphatic rings. The van der Waals surface area contributed by atoms with Crippen LogP contribution < -0.4 is 5.73 Å². The summed E-state index contributed by atoms with van der Waals surface area (Å²) in [5, 5.41) is 0. The minimum atomic E-state index is -3.34. The van der Waals surface area contributed by atoms with Crippen molar-refractivity contribution in [3.63, 3.8) is 0 Å². The molecule has 6 heteroatoms. The van der Waals surface area contributed by atoms with Crippen molar-refractivity contribution in [1.29, 1.82) is 0 Å². The van der Waals surface area contributed by atoms with Crippen LogP contribution in [0, 0.1) is 0 Å². The molecule has 3 N–H and O–H groups in total. The molecule has 1 aromatic heterocycles. The van der Waals surface area contributed by atoms with Crippen LogP contribution in [0.1, 0.15) is 25.7 Å². The number of nitrogens with zero attached hydrogens (tertiary/aromatic N) is 1. The van der Waals surface area contributed by atoms with Gasteiger partial charge in [0.05, 0.1) is 4.90 Å². The Hall–Kier alpha value is -0.850. The number of hydrogen-bond acceptors (Lipinski definition) is 3. The number of hydrogen-bond donors (Lipinski definition) is 2. The molecule has 96 valence electrons. The minimum Gasteiger partial charge on any atom is -0.366 e. The Morgan fingerprint density at radius 2 is 2.29 bits per heavy atom. The zero-order chi connectivity index (χ0) is 12.3. The Bertz CT molecular complexity index is 439. The van der Waals surface area contributed by atoms with E-state index in [1.807, 2.05) is 0 Å². The highest BCUT2D eigenvalue weighted by atomic mass is 32.2. The fraction of sp³-hybridized carbons (Fsp3) is 0.636. The number of nitrogens with two attached hydrogens (primary N) is 1. The van der Waals surface area contributed by atoms with Gasteiger partial charge in [-0.25, -0.2) is 8.42 Å². The summed E-state index contributed by atoms with van der Waals surface area (Å²) in [5.74, 6) is 0. The van der Waals surface area contributed by atoms with Crippen LogP contribution in [0.2, 0.25) is 0 Å². The van der Waals surface area contributed by atoms with Crippen LogP contribution in [0.4, 0.5) is 0 Å². The SMILES string of the molecule is NCCC1CCCCN1S(=O)(=O)c1cc[nH]c1.